The smallest absolute Gasteiger partial charge is 0.409 e. The molecular formula is C25H28BrNO5. The van der Waals surface area contributed by atoms with Crippen molar-refractivity contribution in [2.24, 2.45) is 0 Å². The van der Waals surface area contributed by atoms with Crippen LogP contribution in [0, 0.1) is 0 Å². The summed E-state index contributed by atoms with van der Waals surface area (Å²) in [4.78, 5) is 25.8. The molecule has 7 heteroatoms. The molecule has 1 saturated heterocycles. The number of para-hydroxylation sites is 1. The Morgan fingerprint density at radius 2 is 1.91 bits per heavy atom. The Labute approximate surface area is 197 Å². The number of nitrogens with zero attached hydrogens (tertiary/aromatic N) is 1. The first-order chi connectivity index (χ1) is 15.5. The van der Waals surface area contributed by atoms with Gasteiger partial charge in [0.2, 0.25) is 0 Å². The number of methoxy groups -OCH3 is 1. The molecule has 2 aromatic rings. The normalized spacial score (nSPS) is 18.8. The average molecular weight is 502 g/mol. The predicted octanol–water partition coefficient (Wildman–Crippen LogP) is 5.18. The SMILES string of the molecule is CCOC(=O)Cc1ccccc1OC1CC2(CCN(C(=O)OC)CC2)c2ccc(Br)cc21. The van der Waals surface area contributed by atoms with Crippen LogP contribution in [-0.4, -0.2) is 43.8 Å². The summed E-state index contributed by atoms with van der Waals surface area (Å²) in [6.07, 6.45) is 2.34. The van der Waals surface area contributed by atoms with E-state index in [1.807, 2.05) is 24.3 Å². The lowest BCUT2D eigenvalue weighted by atomic mass is 9.74. The zero-order valence-corrected chi connectivity index (χ0v) is 20.0. The Morgan fingerprint density at radius 3 is 2.62 bits per heavy atom. The van der Waals surface area contributed by atoms with Gasteiger partial charge in [-0.15, -0.1) is 0 Å². The van der Waals surface area contributed by atoms with E-state index in [2.05, 4.69) is 34.1 Å². The molecule has 1 heterocycles. The summed E-state index contributed by atoms with van der Waals surface area (Å²) >= 11 is 3.61. The first-order valence-electron chi connectivity index (χ1n) is 11.0. The van der Waals surface area contributed by atoms with Crippen LogP contribution in [0.3, 0.4) is 0 Å². The van der Waals surface area contributed by atoms with Gasteiger partial charge in [0, 0.05) is 28.5 Å². The van der Waals surface area contributed by atoms with Crippen LogP contribution in [0.15, 0.2) is 46.9 Å². The summed E-state index contributed by atoms with van der Waals surface area (Å²) in [5, 5.41) is 0. The second kappa shape index (κ2) is 9.53. The highest BCUT2D eigenvalue weighted by atomic mass is 79.9. The third kappa shape index (κ3) is 4.49. The van der Waals surface area contributed by atoms with Crippen molar-refractivity contribution in [2.75, 3.05) is 26.8 Å². The summed E-state index contributed by atoms with van der Waals surface area (Å²) in [6, 6.07) is 14.0. The lowest BCUT2D eigenvalue weighted by molar-refractivity contribution is -0.142. The first kappa shape index (κ1) is 22.6. The number of hydrogen-bond acceptors (Lipinski definition) is 5. The van der Waals surface area contributed by atoms with E-state index in [4.69, 9.17) is 14.2 Å². The summed E-state index contributed by atoms with van der Waals surface area (Å²) < 4.78 is 17.6. The van der Waals surface area contributed by atoms with Gasteiger partial charge < -0.3 is 19.1 Å². The predicted molar refractivity (Wildman–Crippen MR) is 124 cm³/mol. The highest BCUT2D eigenvalue weighted by Gasteiger charge is 2.47. The molecule has 1 unspecified atom stereocenters. The number of fused-ring (bicyclic) bond motifs is 2. The molecule has 0 N–H and O–H groups in total. The number of carbonyl (C=O) groups excluding carboxylic acids is 2. The van der Waals surface area contributed by atoms with Crippen molar-refractivity contribution in [3.05, 3.63) is 63.6 Å². The molecule has 1 fully saturated rings. The molecule has 4 rings (SSSR count). The minimum Gasteiger partial charge on any atom is -0.485 e. The van der Waals surface area contributed by atoms with Gasteiger partial charge >= 0.3 is 12.1 Å². The standard InChI is InChI=1S/C25H28BrNO5/c1-3-31-23(28)14-17-6-4-5-7-21(17)32-22-16-25(20-9-8-18(26)15-19(20)22)10-12-27(13-11-25)24(29)30-2/h4-9,15,22H,3,10-14,16H2,1-2H3. The largest absolute Gasteiger partial charge is 0.485 e. The second-order valence-electron chi connectivity index (χ2n) is 8.37. The lowest BCUT2D eigenvalue weighted by Gasteiger charge is -2.39. The van der Waals surface area contributed by atoms with E-state index in [9.17, 15) is 9.59 Å². The molecule has 0 bridgehead atoms. The maximum absolute atomic E-state index is 12.1. The maximum Gasteiger partial charge on any atom is 0.409 e. The third-order valence-corrected chi connectivity index (χ3v) is 7.04. The van der Waals surface area contributed by atoms with Gasteiger partial charge in [-0.05, 0) is 55.5 Å². The van der Waals surface area contributed by atoms with E-state index in [1.165, 1.54) is 12.7 Å². The number of amides is 1. The Bertz CT molecular complexity index is 1000. The van der Waals surface area contributed by atoms with Crippen molar-refractivity contribution in [2.45, 2.75) is 44.1 Å². The molecule has 32 heavy (non-hydrogen) atoms. The van der Waals surface area contributed by atoms with Crippen LogP contribution in [0.4, 0.5) is 4.79 Å². The zero-order valence-electron chi connectivity index (χ0n) is 18.4. The van der Waals surface area contributed by atoms with Crippen molar-refractivity contribution in [1.82, 2.24) is 4.90 Å². The van der Waals surface area contributed by atoms with Gasteiger partial charge in [-0.2, -0.15) is 0 Å². The molecule has 1 aliphatic heterocycles. The topological polar surface area (TPSA) is 65.1 Å². The number of likely N-dealkylation sites (tertiary alicyclic amines) is 1. The monoisotopic (exact) mass is 501 g/mol. The highest BCUT2D eigenvalue weighted by molar-refractivity contribution is 9.10. The molecule has 0 saturated carbocycles. The summed E-state index contributed by atoms with van der Waals surface area (Å²) in [7, 11) is 1.42. The van der Waals surface area contributed by atoms with Gasteiger partial charge in [-0.1, -0.05) is 40.2 Å². The maximum atomic E-state index is 12.1. The average Bonchev–Trinajstić information content (AvgIpc) is 3.07. The van der Waals surface area contributed by atoms with E-state index in [0.717, 1.165) is 34.9 Å². The minimum atomic E-state index is -0.269. The quantitative estimate of drug-likeness (QED) is 0.528. The number of benzene rings is 2. The van der Waals surface area contributed by atoms with E-state index in [1.54, 1.807) is 11.8 Å². The molecule has 6 nitrogen and oxygen atoms in total. The van der Waals surface area contributed by atoms with Crippen LogP contribution < -0.4 is 4.74 Å². The Kier molecular flexibility index (Phi) is 6.74. The van der Waals surface area contributed by atoms with E-state index < -0.39 is 0 Å². The van der Waals surface area contributed by atoms with Crippen molar-refractivity contribution in [3.63, 3.8) is 0 Å². The number of ether oxygens (including phenoxy) is 3. The van der Waals surface area contributed by atoms with Gasteiger partial charge in [0.25, 0.3) is 0 Å². The van der Waals surface area contributed by atoms with Crippen molar-refractivity contribution < 1.29 is 23.8 Å². The fourth-order valence-electron chi connectivity index (χ4n) is 4.97. The molecule has 2 aliphatic rings. The Morgan fingerprint density at radius 1 is 1.16 bits per heavy atom. The fraction of sp³-hybridized carbons (Fsp3) is 0.440. The van der Waals surface area contributed by atoms with Crippen LogP contribution >= 0.6 is 15.9 Å². The Balaban J connectivity index is 1.59. The first-order valence-corrected chi connectivity index (χ1v) is 11.8. The van der Waals surface area contributed by atoms with Crippen molar-refractivity contribution >= 4 is 28.0 Å². The van der Waals surface area contributed by atoms with Crippen LogP contribution in [0.25, 0.3) is 0 Å². The minimum absolute atomic E-state index is 0.0404. The van der Waals surface area contributed by atoms with Crippen LogP contribution in [0.1, 0.15) is 49.0 Å². The van der Waals surface area contributed by atoms with Gasteiger partial charge in [-0.25, -0.2) is 4.79 Å². The number of halogens is 1. The van der Waals surface area contributed by atoms with Crippen molar-refractivity contribution in [3.8, 4) is 5.75 Å². The molecule has 170 valence electrons. The Hall–Kier alpha value is -2.54. The molecule has 1 amide bonds. The number of esters is 1. The number of hydrogen-bond donors (Lipinski definition) is 0. The lowest BCUT2D eigenvalue weighted by Crippen LogP contribution is -2.44. The number of piperidine rings is 1. The van der Waals surface area contributed by atoms with E-state index in [0.29, 0.717) is 25.4 Å². The second-order valence-corrected chi connectivity index (χ2v) is 9.28. The van der Waals surface area contributed by atoms with Crippen LogP contribution in [0.5, 0.6) is 5.75 Å². The van der Waals surface area contributed by atoms with Crippen LogP contribution in [-0.2, 0) is 26.1 Å². The van der Waals surface area contributed by atoms with E-state index >= 15 is 0 Å². The number of rotatable bonds is 5. The molecule has 1 atom stereocenters. The molecule has 0 radical (unpaired) electrons. The van der Waals surface area contributed by atoms with Gasteiger partial charge in [0.15, 0.2) is 0 Å². The molecular weight excluding hydrogens is 474 g/mol. The third-order valence-electron chi connectivity index (χ3n) is 6.54. The van der Waals surface area contributed by atoms with Gasteiger partial charge in [0.1, 0.15) is 11.9 Å². The molecule has 1 aliphatic carbocycles. The molecule has 0 aromatic heterocycles. The summed E-state index contributed by atoms with van der Waals surface area (Å²) in [6.45, 7) is 3.48. The highest BCUT2D eigenvalue weighted by Crippen LogP contribution is 2.52. The molecule has 2 aromatic carbocycles. The summed E-state index contributed by atoms with van der Waals surface area (Å²) in [5.74, 6) is 0.449. The van der Waals surface area contributed by atoms with Gasteiger partial charge in [0.05, 0.1) is 20.1 Å². The number of carbonyl (C=O) groups is 2. The summed E-state index contributed by atoms with van der Waals surface area (Å²) in [5.41, 5.74) is 3.24. The zero-order chi connectivity index (χ0) is 22.7. The van der Waals surface area contributed by atoms with Crippen molar-refractivity contribution in [1.29, 1.82) is 0 Å². The molecule has 1 spiro atoms. The van der Waals surface area contributed by atoms with Gasteiger partial charge in [-0.3, -0.25) is 4.79 Å². The fourth-order valence-corrected chi connectivity index (χ4v) is 5.35. The van der Waals surface area contributed by atoms with Crippen LogP contribution in [0.2, 0.25) is 0 Å². The van der Waals surface area contributed by atoms with E-state index in [-0.39, 0.29) is 30.0 Å².